The first-order valence-corrected chi connectivity index (χ1v) is 9.63. The van der Waals surface area contributed by atoms with Crippen LogP contribution in [0.4, 0.5) is 11.4 Å². The highest BCUT2D eigenvalue weighted by Gasteiger charge is 2.63. The average Bonchev–Trinajstić information content (AvgIpc) is 3.31. The topological polar surface area (TPSA) is 80.5 Å². The Labute approximate surface area is 162 Å². The Bertz CT molecular complexity index is 1070. The first kappa shape index (κ1) is 17.1. The van der Waals surface area contributed by atoms with E-state index in [1.165, 1.54) is 22.1 Å². The predicted molar refractivity (Wildman–Crippen MR) is 105 cm³/mol. The van der Waals surface area contributed by atoms with Crippen molar-refractivity contribution in [3.63, 3.8) is 0 Å². The normalized spacial score (nSPS) is 28.4. The van der Waals surface area contributed by atoms with Crippen LogP contribution in [0.25, 0.3) is 10.8 Å². The number of carbonyl (C=O) groups excluding carboxylic acids is 2. The van der Waals surface area contributed by atoms with Crippen molar-refractivity contribution in [1.29, 1.82) is 0 Å². The van der Waals surface area contributed by atoms with Gasteiger partial charge in [-0.1, -0.05) is 29.3 Å². The van der Waals surface area contributed by atoms with Gasteiger partial charge in [-0.25, -0.2) is 4.90 Å². The highest BCUT2D eigenvalue weighted by molar-refractivity contribution is 6.26. The molecule has 2 aromatic carbocycles. The fourth-order valence-corrected chi connectivity index (χ4v) is 5.85. The van der Waals surface area contributed by atoms with E-state index >= 15 is 0 Å². The van der Waals surface area contributed by atoms with E-state index in [4.69, 9.17) is 0 Å². The Morgan fingerprint density at radius 2 is 1.54 bits per heavy atom. The first-order chi connectivity index (χ1) is 13.4. The lowest BCUT2D eigenvalue weighted by Crippen LogP contribution is -2.33. The van der Waals surface area contributed by atoms with Crippen LogP contribution in [0.3, 0.4) is 0 Å². The molecule has 1 aliphatic heterocycles. The number of benzene rings is 2. The van der Waals surface area contributed by atoms with E-state index in [1.54, 1.807) is 30.3 Å². The van der Waals surface area contributed by atoms with Crippen LogP contribution in [0.5, 0.6) is 0 Å². The van der Waals surface area contributed by atoms with E-state index in [9.17, 15) is 19.7 Å². The van der Waals surface area contributed by atoms with Crippen LogP contribution in [0, 0.1) is 33.8 Å². The third-order valence-electron chi connectivity index (χ3n) is 6.75. The van der Waals surface area contributed by atoms with Gasteiger partial charge in [-0.3, -0.25) is 19.7 Å². The lowest BCUT2D eigenvalue weighted by Gasteiger charge is -2.20. The van der Waals surface area contributed by atoms with Crippen molar-refractivity contribution in [3.8, 4) is 0 Å². The van der Waals surface area contributed by atoms with Crippen LogP contribution in [0.15, 0.2) is 47.5 Å². The summed E-state index contributed by atoms with van der Waals surface area (Å²) in [6.07, 6.45) is 1.92. The molecular weight excluding hydrogens is 356 g/mol. The van der Waals surface area contributed by atoms with Gasteiger partial charge in [0.25, 0.3) is 5.69 Å². The molecule has 4 atom stereocenters. The standard InChI is InChI=1S/C22H20N2O4/c1-11(2)18-14-7-8-15(18)20-19(14)21(25)23(22(20)26)16-9-10-17(24(27)28)13-6-4-3-5-12(13)16/h3-6,9-10,14-15,19-20H,7-8H2,1-2H3/t14-,15+,19+,20-. The fourth-order valence-electron chi connectivity index (χ4n) is 5.85. The number of imide groups is 1. The molecule has 6 heteroatoms. The molecule has 1 heterocycles. The van der Waals surface area contributed by atoms with Crippen LogP contribution in [-0.4, -0.2) is 16.7 Å². The molecule has 1 saturated heterocycles. The van der Waals surface area contributed by atoms with E-state index in [2.05, 4.69) is 13.8 Å². The number of non-ortho nitro benzene ring substituents is 1. The second kappa shape index (κ2) is 5.74. The van der Waals surface area contributed by atoms with Gasteiger partial charge in [0, 0.05) is 11.5 Å². The Morgan fingerprint density at radius 1 is 0.964 bits per heavy atom. The maximum atomic E-state index is 13.4. The molecule has 2 aromatic rings. The minimum Gasteiger partial charge on any atom is -0.274 e. The zero-order valence-electron chi connectivity index (χ0n) is 15.7. The van der Waals surface area contributed by atoms with Crippen molar-refractivity contribution in [2.45, 2.75) is 26.7 Å². The molecule has 2 saturated carbocycles. The molecule has 28 heavy (non-hydrogen) atoms. The smallest absolute Gasteiger partial charge is 0.274 e. The number of amides is 2. The molecule has 2 bridgehead atoms. The van der Waals surface area contributed by atoms with Crippen molar-refractivity contribution in [1.82, 2.24) is 0 Å². The fraction of sp³-hybridized carbons (Fsp3) is 0.364. The number of nitro benzene ring substituents is 1. The zero-order valence-corrected chi connectivity index (χ0v) is 15.7. The van der Waals surface area contributed by atoms with Gasteiger partial charge >= 0.3 is 0 Å². The number of carbonyl (C=O) groups is 2. The SMILES string of the molecule is CC(C)=C1[C@H]2CC[C@@H]1[C@H]1C(=O)N(c3ccc([N+](=O)[O-])c4ccccc34)C(=O)[C@H]12. The van der Waals surface area contributed by atoms with Gasteiger partial charge in [-0.05, 0) is 50.7 Å². The summed E-state index contributed by atoms with van der Waals surface area (Å²) in [4.78, 5) is 39.0. The highest BCUT2D eigenvalue weighted by Crippen LogP contribution is 2.60. The Morgan fingerprint density at radius 3 is 2.07 bits per heavy atom. The third kappa shape index (κ3) is 2.03. The largest absolute Gasteiger partial charge is 0.277 e. The molecule has 142 valence electrons. The lowest BCUT2D eigenvalue weighted by molar-refractivity contribution is -0.383. The van der Waals surface area contributed by atoms with Gasteiger partial charge in [0.1, 0.15) is 0 Å². The molecular formula is C22H20N2O4. The Kier molecular flexibility index (Phi) is 3.50. The quantitative estimate of drug-likeness (QED) is 0.340. The Hall–Kier alpha value is -3.02. The van der Waals surface area contributed by atoms with Gasteiger partial charge in [0.05, 0.1) is 27.8 Å². The van der Waals surface area contributed by atoms with Gasteiger partial charge in [0.15, 0.2) is 0 Å². The minimum absolute atomic E-state index is 0.0227. The van der Waals surface area contributed by atoms with Crippen LogP contribution < -0.4 is 4.90 Å². The highest BCUT2D eigenvalue weighted by atomic mass is 16.6. The summed E-state index contributed by atoms with van der Waals surface area (Å²) in [6.45, 7) is 4.14. The monoisotopic (exact) mass is 376 g/mol. The summed E-state index contributed by atoms with van der Waals surface area (Å²) >= 11 is 0. The maximum Gasteiger partial charge on any atom is 0.277 e. The van der Waals surface area contributed by atoms with Gasteiger partial charge in [-0.2, -0.15) is 0 Å². The summed E-state index contributed by atoms with van der Waals surface area (Å²) in [6, 6.07) is 9.83. The molecule has 0 radical (unpaired) electrons. The molecule has 0 unspecified atom stereocenters. The molecule has 0 N–H and O–H groups in total. The van der Waals surface area contributed by atoms with E-state index < -0.39 is 4.92 Å². The first-order valence-electron chi connectivity index (χ1n) is 9.63. The maximum absolute atomic E-state index is 13.4. The number of nitro groups is 1. The van der Waals surface area contributed by atoms with Gasteiger partial charge < -0.3 is 0 Å². The van der Waals surface area contributed by atoms with E-state index in [-0.39, 0.29) is 41.2 Å². The Balaban J connectivity index is 1.65. The molecule has 2 amide bonds. The van der Waals surface area contributed by atoms with Crippen molar-refractivity contribution >= 4 is 34.0 Å². The van der Waals surface area contributed by atoms with Crippen LogP contribution >= 0.6 is 0 Å². The average molecular weight is 376 g/mol. The molecule has 3 aliphatic rings. The van der Waals surface area contributed by atoms with Crippen molar-refractivity contribution in [2.75, 3.05) is 4.90 Å². The molecule has 6 nitrogen and oxygen atoms in total. The summed E-state index contributed by atoms with van der Waals surface area (Å²) in [7, 11) is 0. The van der Waals surface area contributed by atoms with E-state index in [1.807, 2.05) is 0 Å². The lowest BCUT2D eigenvalue weighted by atomic mass is 9.81. The van der Waals surface area contributed by atoms with Gasteiger partial charge in [-0.15, -0.1) is 0 Å². The van der Waals surface area contributed by atoms with Crippen LogP contribution in [0.1, 0.15) is 26.7 Å². The van der Waals surface area contributed by atoms with Crippen molar-refractivity contribution in [3.05, 3.63) is 57.7 Å². The van der Waals surface area contributed by atoms with Crippen molar-refractivity contribution < 1.29 is 14.5 Å². The summed E-state index contributed by atoms with van der Waals surface area (Å²) in [5.74, 6) is -0.563. The second-order valence-electron chi connectivity index (χ2n) is 8.22. The number of hydrogen-bond acceptors (Lipinski definition) is 4. The number of nitrogens with zero attached hydrogens (tertiary/aromatic N) is 2. The molecule has 3 fully saturated rings. The molecule has 5 rings (SSSR count). The zero-order chi connectivity index (χ0) is 19.7. The number of rotatable bonds is 2. The third-order valence-corrected chi connectivity index (χ3v) is 6.75. The molecule has 2 aliphatic carbocycles. The summed E-state index contributed by atoms with van der Waals surface area (Å²) in [5, 5.41) is 12.4. The second-order valence-corrected chi connectivity index (χ2v) is 8.22. The van der Waals surface area contributed by atoms with E-state index in [0.29, 0.717) is 16.5 Å². The molecule has 0 spiro atoms. The van der Waals surface area contributed by atoms with Crippen LogP contribution in [0.2, 0.25) is 0 Å². The molecule has 0 aromatic heterocycles. The number of hydrogen-bond donors (Lipinski definition) is 0. The van der Waals surface area contributed by atoms with E-state index in [0.717, 1.165) is 12.8 Å². The summed E-state index contributed by atoms with van der Waals surface area (Å²) in [5.41, 5.74) is 2.98. The van der Waals surface area contributed by atoms with Crippen LogP contribution in [-0.2, 0) is 9.59 Å². The summed E-state index contributed by atoms with van der Waals surface area (Å²) < 4.78 is 0. The number of anilines is 1. The number of allylic oxidation sites excluding steroid dienone is 2. The predicted octanol–water partition coefficient (Wildman–Crippen LogP) is 4.23. The van der Waals surface area contributed by atoms with Gasteiger partial charge in [0.2, 0.25) is 11.8 Å². The van der Waals surface area contributed by atoms with Crippen molar-refractivity contribution in [2.24, 2.45) is 23.7 Å². The minimum atomic E-state index is -0.435. The number of fused-ring (bicyclic) bond motifs is 6.